The molecular formula is C15H17N5OS. The number of rotatable bonds is 4. The van der Waals surface area contributed by atoms with Crippen LogP contribution in [0.3, 0.4) is 0 Å². The van der Waals surface area contributed by atoms with E-state index < -0.39 is 0 Å². The molecule has 1 aromatic carbocycles. The summed E-state index contributed by atoms with van der Waals surface area (Å²) in [5.74, 6) is 0.664. The van der Waals surface area contributed by atoms with Crippen LogP contribution in [0.4, 0.5) is 5.69 Å². The Morgan fingerprint density at radius 2 is 2.27 bits per heavy atom. The molecule has 2 aromatic rings. The summed E-state index contributed by atoms with van der Waals surface area (Å²) in [5.41, 5.74) is 2.65. The first kappa shape index (κ1) is 15.9. The summed E-state index contributed by atoms with van der Waals surface area (Å²) < 4.78 is 7.63. The molecule has 0 aliphatic heterocycles. The van der Waals surface area contributed by atoms with Crippen molar-refractivity contribution in [2.24, 2.45) is 12.0 Å². The zero-order chi connectivity index (χ0) is 15.9. The summed E-state index contributed by atoms with van der Waals surface area (Å²) in [6, 6.07) is 7.47. The van der Waals surface area contributed by atoms with Crippen molar-refractivity contribution in [1.82, 2.24) is 15.1 Å². The van der Waals surface area contributed by atoms with Gasteiger partial charge in [-0.1, -0.05) is 23.9 Å². The van der Waals surface area contributed by atoms with Gasteiger partial charge < -0.3 is 4.74 Å². The Morgan fingerprint density at radius 1 is 1.50 bits per heavy atom. The number of benzene rings is 1. The van der Waals surface area contributed by atoms with Gasteiger partial charge in [-0.15, -0.1) is 0 Å². The number of nitrogens with one attached hydrogen (secondary N) is 1. The van der Waals surface area contributed by atoms with Crippen molar-refractivity contribution in [2.75, 3.05) is 6.26 Å². The third-order valence-electron chi connectivity index (χ3n) is 2.94. The largest absolute Gasteiger partial charge is 0.487 e. The number of aliphatic imine (C=N–C) groups is 1. The standard InChI is InChI=1S/C15H17N5OS/c1-11-12(8-20(2)19-11)9-21-14-7-5-4-6-13(14)18-15(22-3)17-10-16/h4-8H,9H2,1-3H3,(H,17,18). The highest BCUT2D eigenvalue weighted by Crippen LogP contribution is 2.28. The molecule has 0 spiro atoms. The van der Waals surface area contributed by atoms with Crippen LogP contribution in [0.25, 0.3) is 0 Å². The van der Waals surface area contributed by atoms with E-state index in [1.165, 1.54) is 11.8 Å². The fraction of sp³-hybridized carbons (Fsp3) is 0.267. The van der Waals surface area contributed by atoms with E-state index in [9.17, 15) is 0 Å². The number of nitrogens with zero attached hydrogens (tertiary/aromatic N) is 4. The van der Waals surface area contributed by atoms with Crippen LogP contribution >= 0.6 is 11.8 Å². The molecule has 0 aliphatic carbocycles. The van der Waals surface area contributed by atoms with Gasteiger partial charge in [0.2, 0.25) is 0 Å². The number of nitriles is 1. The lowest BCUT2D eigenvalue weighted by atomic mass is 10.2. The number of amidine groups is 1. The highest BCUT2D eigenvalue weighted by Gasteiger charge is 2.07. The first-order valence-electron chi connectivity index (χ1n) is 6.62. The van der Waals surface area contributed by atoms with Crippen LogP contribution in [0, 0.1) is 18.4 Å². The maximum Gasteiger partial charge on any atom is 0.183 e. The molecule has 1 N–H and O–H groups in total. The molecule has 0 saturated heterocycles. The number of ether oxygens (including phenoxy) is 1. The highest BCUT2D eigenvalue weighted by molar-refractivity contribution is 8.13. The lowest BCUT2D eigenvalue weighted by molar-refractivity contribution is 0.306. The Balaban J connectivity index is 2.18. The van der Waals surface area contributed by atoms with E-state index in [2.05, 4.69) is 15.4 Å². The first-order valence-corrected chi connectivity index (χ1v) is 7.85. The van der Waals surface area contributed by atoms with Gasteiger partial charge in [0, 0.05) is 18.8 Å². The molecule has 0 bridgehead atoms. The summed E-state index contributed by atoms with van der Waals surface area (Å²) in [4.78, 5) is 4.41. The van der Waals surface area contributed by atoms with Gasteiger partial charge >= 0.3 is 0 Å². The monoisotopic (exact) mass is 315 g/mol. The Bertz CT molecular complexity index is 717. The third-order valence-corrected chi connectivity index (χ3v) is 3.52. The average molecular weight is 315 g/mol. The second kappa shape index (κ2) is 7.52. The molecular weight excluding hydrogens is 298 g/mol. The van der Waals surface area contributed by atoms with Crippen LogP contribution in [0.1, 0.15) is 11.3 Å². The summed E-state index contributed by atoms with van der Waals surface area (Å²) in [6.07, 6.45) is 5.66. The molecule has 2 rings (SSSR count). The minimum atomic E-state index is 0.423. The molecule has 0 unspecified atom stereocenters. The van der Waals surface area contributed by atoms with E-state index in [0.29, 0.717) is 23.2 Å². The molecule has 22 heavy (non-hydrogen) atoms. The third kappa shape index (κ3) is 4.02. The van der Waals surface area contributed by atoms with Crippen molar-refractivity contribution in [3.05, 3.63) is 41.7 Å². The van der Waals surface area contributed by atoms with Crippen LogP contribution in [0.2, 0.25) is 0 Å². The molecule has 0 saturated carbocycles. The van der Waals surface area contributed by atoms with Crippen molar-refractivity contribution in [3.8, 4) is 11.9 Å². The number of thioether (sulfide) groups is 1. The first-order chi connectivity index (χ1) is 10.6. The molecule has 0 aliphatic rings. The second-order valence-electron chi connectivity index (χ2n) is 4.53. The fourth-order valence-electron chi connectivity index (χ4n) is 1.90. The van der Waals surface area contributed by atoms with E-state index in [-0.39, 0.29) is 0 Å². The van der Waals surface area contributed by atoms with Crippen molar-refractivity contribution in [1.29, 1.82) is 5.26 Å². The molecule has 6 nitrogen and oxygen atoms in total. The number of para-hydroxylation sites is 2. The Hall–Kier alpha value is -2.46. The summed E-state index contributed by atoms with van der Waals surface area (Å²) in [6.45, 7) is 2.37. The summed E-state index contributed by atoms with van der Waals surface area (Å²) in [5, 5.41) is 16.1. The van der Waals surface area contributed by atoms with E-state index in [0.717, 1.165) is 11.3 Å². The second-order valence-corrected chi connectivity index (χ2v) is 5.32. The smallest absolute Gasteiger partial charge is 0.183 e. The maximum absolute atomic E-state index is 8.70. The Labute approximate surface area is 133 Å². The quantitative estimate of drug-likeness (QED) is 0.406. The van der Waals surface area contributed by atoms with Crippen molar-refractivity contribution in [2.45, 2.75) is 13.5 Å². The van der Waals surface area contributed by atoms with E-state index in [1.807, 2.05) is 56.9 Å². The zero-order valence-corrected chi connectivity index (χ0v) is 13.5. The predicted molar refractivity (Wildman–Crippen MR) is 88.1 cm³/mol. The zero-order valence-electron chi connectivity index (χ0n) is 12.7. The van der Waals surface area contributed by atoms with Crippen LogP contribution in [-0.2, 0) is 13.7 Å². The van der Waals surface area contributed by atoms with Gasteiger partial charge in [0.25, 0.3) is 0 Å². The molecule has 114 valence electrons. The Morgan fingerprint density at radius 3 is 2.91 bits per heavy atom. The molecule has 0 radical (unpaired) electrons. The number of aromatic nitrogens is 2. The van der Waals surface area contributed by atoms with Gasteiger partial charge in [-0.25, -0.2) is 4.99 Å². The summed E-state index contributed by atoms with van der Waals surface area (Å²) >= 11 is 1.37. The van der Waals surface area contributed by atoms with Crippen molar-refractivity contribution in [3.63, 3.8) is 0 Å². The summed E-state index contributed by atoms with van der Waals surface area (Å²) in [7, 11) is 1.88. The SMILES string of the molecule is CSC(=Nc1ccccc1OCc1cn(C)nc1C)NC#N. The number of hydrogen-bond acceptors (Lipinski definition) is 5. The van der Waals surface area contributed by atoms with E-state index in [4.69, 9.17) is 10.00 Å². The molecule has 0 amide bonds. The predicted octanol–water partition coefficient (Wildman–Crippen LogP) is 2.73. The molecule has 0 fully saturated rings. The average Bonchev–Trinajstić information content (AvgIpc) is 2.83. The van der Waals surface area contributed by atoms with Crippen molar-refractivity contribution >= 4 is 22.6 Å². The van der Waals surface area contributed by atoms with E-state index >= 15 is 0 Å². The van der Waals surface area contributed by atoms with Gasteiger partial charge in [0.15, 0.2) is 11.4 Å². The topological polar surface area (TPSA) is 75.2 Å². The number of aryl methyl sites for hydroxylation is 2. The van der Waals surface area contributed by atoms with Crippen LogP contribution in [0.15, 0.2) is 35.5 Å². The van der Waals surface area contributed by atoms with Gasteiger partial charge in [0.1, 0.15) is 18.0 Å². The van der Waals surface area contributed by atoms with Crippen LogP contribution in [0.5, 0.6) is 5.75 Å². The molecule has 1 aromatic heterocycles. The fourth-order valence-corrected chi connectivity index (χ4v) is 2.24. The highest BCUT2D eigenvalue weighted by atomic mass is 32.2. The van der Waals surface area contributed by atoms with Gasteiger partial charge in [-0.3, -0.25) is 10.00 Å². The van der Waals surface area contributed by atoms with Crippen LogP contribution in [-0.4, -0.2) is 21.2 Å². The number of hydrogen-bond donors (Lipinski definition) is 1. The minimum Gasteiger partial charge on any atom is -0.487 e. The lowest BCUT2D eigenvalue weighted by Gasteiger charge is -2.09. The van der Waals surface area contributed by atoms with E-state index in [1.54, 1.807) is 4.68 Å². The molecule has 0 atom stereocenters. The van der Waals surface area contributed by atoms with Gasteiger partial charge in [-0.2, -0.15) is 10.4 Å². The van der Waals surface area contributed by atoms with Gasteiger partial charge in [0.05, 0.1) is 5.69 Å². The van der Waals surface area contributed by atoms with Crippen molar-refractivity contribution < 1.29 is 4.74 Å². The lowest BCUT2D eigenvalue weighted by Crippen LogP contribution is -2.12. The van der Waals surface area contributed by atoms with Gasteiger partial charge in [-0.05, 0) is 25.3 Å². The Kier molecular flexibility index (Phi) is 5.44. The molecule has 7 heteroatoms. The minimum absolute atomic E-state index is 0.423. The maximum atomic E-state index is 8.70. The normalized spacial score (nSPS) is 11.1. The molecule has 1 heterocycles. The van der Waals surface area contributed by atoms with Crippen LogP contribution < -0.4 is 10.1 Å².